The number of nitrogens with one attached hydrogen (secondary N) is 1. The molecule has 1 aromatic rings. The number of hydrogen-bond acceptors (Lipinski definition) is 4. The molecule has 0 fully saturated rings. The van der Waals surface area contributed by atoms with Crippen molar-refractivity contribution in [1.29, 1.82) is 0 Å². The predicted molar refractivity (Wildman–Crippen MR) is 49.7 cm³/mol. The Labute approximate surface area is 76.9 Å². The third kappa shape index (κ3) is 2.43. The van der Waals surface area contributed by atoms with Crippen LogP contribution in [0.15, 0.2) is 18.3 Å². The summed E-state index contributed by atoms with van der Waals surface area (Å²) in [6, 6.07) is 3.46. The van der Waals surface area contributed by atoms with Crippen LogP contribution in [0.4, 0.5) is 5.69 Å². The van der Waals surface area contributed by atoms with Crippen LogP contribution in [0.2, 0.25) is 0 Å². The Morgan fingerprint density at radius 3 is 3.08 bits per heavy atom. The Morgan fingerprint density at radius 2 is 2.46 bits per heavy atom. The largest absolute Gasteiger partial charge is 0.464 e. The molecule has 0 aliphatic rings. The standard InChI is InChI=1S/C9H12N2O2/c1-3-10-7-4-5-11-8(6-7)9(12)13-2/h4-6H,3H2,1-2H3,(H,10,11). The van der Waals surface area contributed by atoms with E-state index in [0.29, 0.717) is 5.69 Å². The molecule has 1 aromatic heterocycles. The summed E-state index contributed by atoms with van der Waals surface area (Å²) < 4.78 is 4.54. The highest BCUT2D eigenvalue weighted by atomic mass is 16.5. The van der Waals surface area contributed by atoms with Gasteiger partial charge in [0.1, 0.15) is 5.69 Å². The molecule has 1 heterocycles. The minimum absolute atomic E-state index is 0.320. The van der Waals surface area contributed by atoms with E-state index in [-0.39, 0.29) is 0 Å². The topological polar surface area (TPSA) is 51.2 Å². The summed E-state index contributed by atoms with van der Waals surface area (Å²) in [6.45, 7) is 2.79. The number of anilines is 1. The highest BCUT2D eigenvalue weighted by Crippen LogP contribution is 2.07. The van der Waals surface area contributed by atoms with Gasteiger partial charge >= 0.3 is 5.97 Å². The van der Waals surface area contributed by atoms with E-state index in [1.165, 1.54) is 7.11 Å². The monoisotopic (exact) mass is 180 g/mol. The number of esters is 1. The fourth-order valence-corrected chi connectivity index (χ4v) is 0.961. The lowest BCUT2D eigenvalue weighted by molar-refractivity contribution is 0.0594. The molecule has 0 radical (unpaired) electrons. The lowest BCUT2D eigenvalue weighted by Crippen LogP contribution is -2.05. The third-order valence-corrected chi connectivity index (χ3v) is 1.54. The van der Waals surface area contributed by atoms with Gasteiger partial charge in [0, 0.05) is 18.4 Å². The average Bonchev–Trinajstić information content (AvgIpc) is 2.18. The van der Waals surface area contributed by atoms with Gasteiger partial charge < -0.3 is 10.1 Å². The van der Waals surface area contributed by atoms with Gasteiger partial charge in [0.2, 0.25) is 0 Å². The Hall–Kier alpha value is -1.58. The zero-order chi connectivity index (χ0) is 9.68. The van der Waals surface area contributed by atoms with Crippen LogP contribution in [0.25, 0.3) is 0 Å². The minimum atomic E-state index is -0.417. The number of rotatable bonds is 3. The van der Waals surface area contributed by atoms with Crippen LogP contribution in [0.1, 0.15) is 17.4 Å². The Balaban J connectivity index is 2.85. The zero-order valence-corrected chi connectivity index (χ0v) is 7.70. The SMILES string of the molecule is CCNc1ccnc(C(=O)OC)c1. The molecule has 0 aromatic carbocycles. The van der Waals surface area contributed by atoms with Crippen molar-refractivity contribution in [2.45, 2.75) is 6.92 Å². The van der Waals surface area contributed by atoms with Gasteiger partial charge in [-0.15, -0.1) is 0 Å². The van der Waals surface area contributed by atoms with Crippen molar-refractivity contribution in [3.05, 3.63) is 24.0 Å². The van der Waals surface area contributed by atoms with Crippen LogP contribution >= 0.6 is 0 Å². The minimum Gasteiger partial charge on any atom is -0.464 e. The Kier molecular flexibility index (Phi) is 3.25. The molecule has 0 saturated carbocycles. The first-order valence-electron chi connectivity index (χ1n) is 4.06. The van der Waals surface area contributed by atoms with Crippen molar-refractivity contribution in [3.8, 4) is 0 Å². The lowest BCUT2D eigenvalue weighted by atomic mass is 10.3. The van der Waals surface area contributed by atoms with E-state index in [4.69, 9.17) is 0 Å². The maximum absolute atomic E-state index is 11.1. The molecule has 0 saturated heterocycles. The predicted octanol–water partition coefficient (Wildman–Crippen LogP) is 1.30. The molecule has 0 amide bonds. The van der Waals surface area contributed by atoms with E-state index in [1.807, 2.05) is 6.92 Å². The molecule has 0 unspecified atom stereocenters. The molecule has 13 heavy (non-hydrogen) atoms. The fraction of sp³-hybridized carbons (Fsp3) is 0.333. The Morgan fingerprint density at radius 1 is 1.69 bits per heavy atom. The fourth-order valence-electron chi connectivity index (χ4n) is 0.961. The Bertz CT molecular complexity index is 299. The summed E-state index contributed by atoms with van der Waals surface area (Å²) in [5.41, 5.74) is 1.19. The average molecular weight is 180 g/mol. The van der Waals surface area contributed by atoms with Gasteiger partial charge in [0.25, 0.3) is 0 Å². The first-order chi connectivity index (χ1) is 6.27. The molecule has 0 aliphatic heterocycles. The number of carbonyl (C=O) groups excluding carboxylic acids is 1. The van der Waals surface area contributed by atoms with E-state index < -0.39 is 5.97 Å². The molecule has 0 atom stereocenters. The van der Waals surface area contributed by atoms with Crippen LogP contribution in [0.3, 0.4) is 0 Å². The second-order valence-corrected chi connectivity index (χ2v) is 2.45. The molecule has 0 bridgehead atoms. The first kappa shape index (κ1) is 9.51. The molecular formula is C9H12N2O2. The van der Waals surface area contributed by atoms with E-state index in [9.17, 15) is 4.79 Å². The van der Waals surface area contributed by atoms with Crippen LogP contribution in [-0.2, 0) is 4.74 Å². The number of nitrogens with zero attached hydrogens (tertiary/aromatic N) is 1. The van der Waals surface area contributed by atoms with Gasteiger partial charge in [-0.05, 0) is 19.1 Å². The van der Waals surface area contributed by atoms with Crippen molar-refractivity contribution >= 4 is 11.7 Å². The van der Waals surface area contributed by atoms with Crippen LogP contribution in [0, 0.1) is 0 Å². The molecule has 1 N–H and O–H groups in total. The van der Waals surface area contributed by atoms with Gasteiger partial charge in [0.15, 0.2) is 0 Å². The first-order valence-corrected chi connectivity index (χ1v) is 4.06. The van der Waals surface area contributed by atoms with Crippen molar-refractivity contribution < 1.29 is 9.53 Å². The van der Waals surface area contributed by atoms with Gasteiger partial charge in [0.05, 0.1) is 7.11 Å². The smallest absolute Gasteiger partial charge is 0.356 e. The molecular weight excluding hydrogens is 168 g/mol. The van der Waals surface area contributed by atoms with Gasteiger partial charge in [-0.3, -0.25) is 0 Å². The van der Waals surface area contributed by atoms with E-state index >= 15 is 0 Å². The normalized spacial score (nSPS) is 9.38. The quantitative estimate of drug-likeness (QED) is 0.712. The van der Waals surface area contributed by atoms with Crippen molar-refractivity contribution in [2.75, 3.05) is 19.0 Å². The van der Waals surface area contributed by atoms with Crippen LogP contribution in [-0.4, -0.2) is 24.6 Å². The lowest BCUT2D eigenvalue weighted by Gasteiger charge is -2.03. The number of ether oxygens (including phenoxy) is 1. The third-order valence-electron chi connectivity index (χ3n) is 1.54. The maximum atomic E-state index is 11.1. The summed E-state index contributed by atoms with van der Waals surface area (Å²) in [6.07, 6.45) is 1.57. The van der Waals surface area contributed by atoms with Crippen molar-refractivity contribution in [2.24, 2.45) is 0 Å². The number of pyridine rings is 1. The zero-order valence-electron chi connectivity index (χ0n) is 7.70. The van der Waals surface area contributed by atoms with Crippen molar-refractivity contribution in [3.63, 3.8) is 0 Å². The summed E-state index contributed by atoms with van der Waals surface area (Å²) in [5.74, 6) is -0.417. The second-order valence-electron chi connectivity index (χ2n) is 2.45. The van der Waals surface area contributed by atoms with Crippen LogP contribution < -0.4 is 5.32 Å². The summed E-state index contributed by atoms with van der Waals surface area (Å²) >= 11 is 0. The molecule has 70 valence electrons. The molecule has 0 aliphatic carbocycles. The highest BCUT2D eigenvalue weighted by molar-refractivity contribution is 5.88. The summed E-state index contributed by atoms with van der Waals surface area (Å²) in [4.78, 5) is 14.9. The molecule has 1 rings (SSSR count). The number of carbonyl (C=O) groups is 1. The van der Waals surface area contributed by atoms with Crippen LogP contribution in [0.5, 0.6) is 0 Å². The molecule has 4 heteroatoms. The summed E-state index contributed by atoms with van der Waals surface area (Å²) in [7, 11) is 1.34. The number of methoxy groups -OCH3 is 1. The van der Waals surface area contributed by atoms with Crippen molar-refractivity contribution in [1.82, 2.24) is 4.98 Å². The molecule has 0 spiro atoms. The van der Waals surface area contributed by atoms with Gasteiger partial charge in [-0.25, -0.2) is 9.78 Å². The molecule has 4 nitrogen and oxygen atoms in total. The number of aromatic nitrogens is 1. The summed E-state index contributed by atoms with van der Waals surface area (Å²) in [5, 5.41) is 3.08. The van der Waals surface area contributed by atoms with E-state index in [0.717, 1.165) is 12.2 Å². The second kappa shape index (κ2) is 4.45. The van der Waals surface area contributed by atoms with Gasteiger partial charge in [-0.2, -0.15) is 0 Å². The van der Waals surface area contributed by atoms with E-state index in [1.54, 1.807) is 18.3 Å². The number of hydrogen-bond donors (Lipinski definition) is 1. The maximum Gasteiger partial charge on any atom is 0.356 e. The van der Waals surface area contributed by atoms with E-state index in [2.05, 4.69) is 15.0 Å². The highest BCUT2D eigenvalue weighted by Gasteiger charge is 2.06. The van der Waals surface area contributed by atoms with Gasteiger partial charge in [-0.1, -0.05) is 0 Å².